The molecule has 0 spiro atoms. The topological polar surface area (TPSA) is 51.2 Å². The first-order valence-corrected chi connectivity index (χ1v) is 6.10. The number of benzene rings is 1. The second-order valence-corrected chi connectivity index (χ2v) is 4.25. The predicted octanol–water partition coefficient (Wildman–Crippen LogP) is 2.80. The van der Waals surface area contributed by atoms with Gasteiger partial charge in [-0.1, -0.05) is 18.2 Å². The van der Waals surface area contributed by atoms with Crippen LogP contribution in [0.4, 0.5) is 5.69 Å². The Kier molecular flexibility index (Phi) is 4.13. The van der Waals surface area contributed by atoms with Gasteiger partial charge in [0.25, 0.3) is 5.91 Å². The highest BCUT2D eigenvalue weighted by atomic mass is 16.5. The van der Waals surface area contributed by atoms with Crippen molar-refractivity contribution in [3.8, 4) is 5.75 Å². The third kappa shape index (κ3) is 3.55. The lowest BCUT2D eigenvalue weighted by molar-refractivity contribution is -0.122. The third-order valence-corrected chi connectivity index (χ3v) is 2.71. The Bertz CT molecular complexity index is 555. The summed E-state index contributed by atoms with van der Waals surface area (Å²) >= 11 is 0. The molecule has 0 fully saturated rings. The molecule has 0 radical (unpaired) electrons. The van der Waals surface area contributed by atoms with Crippen LogP contribution < -0.4 is 10.1 Å². The van der Waals surface area contributed by atoms with Gasteiger partial charge < -0.3 is 10.1 Å². The van der Waals surface area contributed by atoms with Crippen LogP contribution in [0, 0.1) is 6.92 Å². The van der Waals surface area contributed by atoms with Gasteiger partial charge in [0, 0.05) is 18.1 Å². The molecule has 4 nitrogen and oxygen atoms in total. The molecular formula is C15H16N2O2. The number of aryl methyl sites for hydroxylation is 1. The molecule has 1 aromatic heterocycles. The zero-order valence-electron chi connectivity index (χ0n) is 11.0. The van der Waals surface area contributed by atoms with Crippen molar-refractivity contribution >= 4 is 11.6 Å². The zero-order chi connectivity index (χ0) is 13.7. The number of anilines is 1. The fourth-order valence-corrected chi connectivity index (χ4v) is 1.61. The van der Waals surface area contributed by atoms with E-state index < -0.39 is 6.10 Å². The van der Waals surface area contributed by atoms with Gasteiger partial charge in [-0.2, -0.15) is 0 Å². The van der Waals surface area contributed by atoms with Crippen LogP contribution in [0.3, 0.4) is 0 Å². The van der Waals surface area contributed by atoms with Crippen molar-refractivity contribution in [1.82, 2.24) is 4.98 Å². The smallest absolute Gasteiger partial charge is 0.265 e. The Morgan fingerprint density at radius 1 is 1.21 bits per heavy atom. The zero-order valence-corrected chi connectivity index (χ0v) is 11.0. The average Bonchev–Trinajstić information content (AvgIpc) is 2.42. The summed E-state index contributed by atoms with van der Waals surface area (Å²) in [6.45, 7) is 3.67. The number of amides is 1. The predicted molar refractivity (Wildman–Crippen MR) is 74.1 cm³/mol. The van der Waals surface area contributed by atoms with Gasteiger partial charge in [-0.3, -0.25) is 9.78 Å². The lowest BCUT2D eigenvalue weighted by atomic mass is 10.2. The van der Waals surface area contributed by atoms with Gasteiger partial charge in [-0.15, -0.1) is 0 Å². The second-order valence-electron chi connectivity index (χ2n) is 4.25. The quantitative estimate of drug-likeness (QED) is 0.915. The highest BCUT2D eigenvalue weighted by Crippen LogP contribution is 2.18. The maximum absolute atomic E-state index is 12.0. The van der Waals surface area contributed by atoms with Crippen molar-refractivity contribution in [3.63, 3.8) is 0 Å². The van der Waals surface area contributed by atoms with Crippen LogP contribution in [-0.4, -0.2) is 17.0 Å². The van der Waals surface area contributed by atoms with Gasteiger partial charge in [0.1, 0.15) is 5.75 Å². The van der Waals surface area contributed by atoms with E-state index in [0.717, 1.165) is 11.3 Å². The summed E-state index contributed by atoms with van der Waals surface area (Å²) in [7, 11) is 0. The first kappa shape index (κ1) is 13.1. The molecule has 4 heteroatoms. The van der Waals surface area contributed by atoms with Crippen molar-refractivity contribution in [1.29, 1.82) is 0 Å². The van der Waals surface area contributed by atoms with Crippen LogP contribution in [0.5, 0.6) is 5.75 Å². The lowest BCUT2D eigenvalue weighted by Gasteiger charge is -2.16. The summed E-state index contributed by atoms with van der Waals surface area (Å²) in [6.07, 6.45) is 2.69. The molecule has 2 aromatic rings. The van der Waals surface area contributed by atoms with Gasteiger partial charge in [0.05, 0.1) is 0 Å². The highest BCUT2D eigenvalue weighted by molar-refractivity contribution is 5.94. The Hall–Kier alpha value is -2.36. The van der Waals surface area contributed by atoms with Crippen molar-refractivity contribution < 1.29 is 9.53 Å². The molecule has 0 aliphatic heterocycles. The van der Waals surface area contributed by atoms with E-state index in [0.29, 0.717) is 5.69 Å². The lowest BCUT2D eigenvalue weighted by Crippen LogP contribution is -2.30. The fraction of sp³-hybridized carbons (Fsp3) is 0.200. The largest absolute Gasteiger partial charge is 0.481 e. The maximum Gasteiger partial charge on any atom is 0.265 e. The van der Waals surface area contributed by atoms with Crippen molar-refractivity contribution in [2.24, 2.45) is 0 Å². The van der Waals surface area contributed by atoms with E-state index in [-0.39, 0.29) is 5.91 Å². The summed E-state index contributed by atoms with van der Waals surface area (Å²) in [5, 5.41) is 2.78. The molecule has 0 aliphatic rings. The molecule has 1 heterocycles. The van der Waals surface area contributed by atoms with Gasteiger partial charge in [0.15, 0.2) is 6.10 Å². The molecular weight excluding hydrogens is 240 g/mol. The number of carbonyl (C=O) groups excluding carboxylic acids is 1. The van der Waals surface area contributed by atoms with Gasteiger partial charge in [-0.05, 0) is 37.6 Å². The number of hydrogen-bond donors (Lipinski definition) is 1. The van der Waals surface area contributed by atoms with E-state index >= 15 is 0 Å². The van der Waals surface area contributed by atoms with Crippen molar-refractivity contribution in [2.75, 3.05) is 5.32 Å². The SMILES string of the molecule is Cc1ccccc1O[C@H](C)C(=O)Nc1ccncc1. The van der Waals surface area contributed by atoms with Crippen LogP contribution in [-0.2, 0) is 4.79 Å². The van der Waals surface area contributed by atoms with Crippen LogP contribution >= 0.6 is 0 Å². The van der Waals surface area contributed by atoms with Crippen molar-refractivity contribution in [3.05, 3.63) is 54.4 Å². The molecule has 0 saturated carbocycles. The highest BCUT2D eigenvalue weighted by Gasteiger charge is 2.15. The van der Waals surface area contributed by atoms with E-state index in [9.17, 15) is 4.79 Å². The van der Waals surface area contributed by atoms with Gasteiger partial charge in [-0.25, -0.2) is 0 Å². The summed E-state index contributed by atoms with van der Waals surface area (Å²) in [4.78, 5) is 15.9. The summed E-state index contributed by atoms with van der Waals surface area (Å²) in [5.74, 6) is 0.536. The molecule has 1 atom stereocenters. The van der Waals surface area contributed by atoms with E-state index in [2.05, 4.69) is 10.3 Å². The normalized spacial score (nSPS) is 11.7. The average molecular weight is 256 g/mol. The minimum Gasteiger partial charge on any atom is -0.481 e. The van der Waals surface area contributed by atoms with E-state index in [4.69, 9.17) is 4.74 Å². The number of para-hydroxylation sites is 1. The van der Waals surface area contributed by atoms with Crippen LogP contribution in [0.25, 0.3) is 0 Å². The van der Waals surface area contributed by atoms with E-state index in [1.54, 1.807) is 31.5 Å². The molecule has 1 N–H and O–H groups in total. The minimum absolute atomic E-state index is 0.186. The standard InChI is InChI=1S/C15H16N2O2/c1-11-5-3-4-6-14(11)19-12(2)15(18)17-13-7-9-16-10-8-13/h3-10,12H,1-2H3,(H,16,17,18)/t12-/m1/s1. The Morgan fingerprint density at radius 3 is 2.58 bits per heavy atom. The number of hydrogen-bond acceptors (Lipinski definition) is 3. The molecule has 0 unspecified atom stereocenters. The first-order chi connectivity index (χ1) is 9.16. The van der Waals surface area contributed by atoms with E-state index in [1.807, 2.05) is 31.2 Å². The molecule has 1 aromatic carbocycles. The first-order valence-electron chi connectivity index (χ1n) is 6.10. The second kappa shape index (κ2) is 6.00. The molecule has 0 bridgehead atoms. The summed E-state index contributed by atoms with van der Waals surface area (Å²) < 4.78 is 5.65. The fourth-order valence-electron chi connectivity index (χ4n) is 1.61. The molecule has 98 valence electrons. The number of nitrogens with one attached hydrogen (secondary N) is 1. The monoisotopic (exact) mass is 256 g/mol. The molecule has 0 aliphatic carbocycles. The number of carbonyl (C=O) groups is 1. The third-order valence-electron chi connectivity index (χ3n) is 2.71. The molecule has 0 saturated heterocycles. The van der Waals surface area contributed by atoms with Crippen LogP contribution in [0.2, 0.25) is 0 Å². The summed E-state index contributed by atoms with van der Waals surface area (Å²) in [6, 6.07) is 11.1. The number of ether oxygens (including phenoxy) is 1. The van der Waals surface area contributed by atoms with Crippen LogP contribution in [0.15, 0.2) is 48.8 Å². The Balaban J connectivity index is 1.98. The van der Waals surface area contributed by atoms with Crippen molar-refractivity contribution in [2.45, 2.75) is 20.0 Å². The van der Waals surface area contributed by atoms with Crippen LogP contribution in [0.1, 0.15) is 12.5 Å². The molecule has 1 amide bonds. The summed E-state index contributed by atoms with van der Waals surface area (Å²) in [5.41, 5.74) is 1.71. The maximum atomic E-state index is 12.0. The number of pyridine rings is 1. The number of rotatable bonds is 4. The van der Waals surface area contributed by atoms with Gasteiger partial charge in [0.2, 0.25) is 0 Å². The van der Waals surface area contributed by atoms with Gasteiger partial charge >= 0.3 is 0 Å². The molecule has 2 rings (SSSR count). The Labute approximate surface area is 112 Å². The molecule has 19 heavy (non-hydrogen) atoms. The number of aromatic nitrogens is 1. The van der Waals surface area contributed by atoms with E-state index in [1.165, 1.54) is 0 Å². The minimum atomic E-state index is -0.561. The Morgan fingerprint density at radius 2 is 1.89 bits per heavy atom. The number of nitrogens with zero attached hydrogens (tertiary/aromatic N) is 1.